The van der Waals surface area contributed by atoms with Crippen LogP contribution in [0.4, 0.5) is 5.69 Å². The number of carbonyl (C=O) groups excluding carboxylic acids is 2. The van der Waals surface area contributed by atoms with Crippen LogP contribution in [0.1, 0.15) is 10.4 Å². The predicted molar refractivity (Wildman–Crippen MR) is 73.8 cm³/mol. The third-order valence-corrected chi connectivity index (χ3v) is 2.94. The van der Waals surface area contributed by atoms with Crippen LogP contribution < -0.4 is 11.3 Å². The Kier molecular flexibility index (Phi) is 3.88. The molecule has 0 aliphatic heterocycles. The third kappa shape index (κ3) is 2.55. The Hall–Kier alpha value is -2.90. The molecule has 1 aromatic heterocycles. The number of hydrogen-bond donors (Lipinski definition) is 1. The molecule has 0 spiro atoms. The van der Waals surface area contributed by atoms with E-state index in [9.17, 15) is 14.4 Å². The summed E-state index contributed by atoms with van der Waals surface area (Å²) >= 11 is 0. The number of rotatable bonds is 3. The van der Waals surface area contributed by atoms with E-state index in [1.807, 2.05) is 0 Å². The second kappa shape index (κ2) is 5.61. The Balaban J connectivity index is 2.75. The second-order valence-corrected chi connectivity index (χ2v) is 4.17. The number of anilines is 1. The molecule has 0 amide bonds. The fourth-order valence-electron chi connectivity index (χ4n) is 1.90. The van der Waals surface area contributed by atoms with E-state index in [0.29, 0.717) is 0 Å². The topological polar surface area (TPSA) is 114 Å². The standard InChI is InChI=1S/C13H13N3O5/c1-20-9(17)5-16-6-15-8-4-3-7(14)10(13(19)21-2)11(8)12(16)18/h3-4,6H,5,14H2,1-2H3. The van der Waals surface area contributed by atoms with Gasteiger partial charge in [0.2, 0.25) is 0 Å². The Morgan fingerprint density at radius 3 is 2.62 bits per heavy atom. The lowest BCUT2D eigenvalue weighted by molar-refractivity contribution is -0.141. The smallest absolute Gasteiger partial charge is 0.340 e. The van der Waals surface area contributed by atoms with Crippen molar-refractivity contribution in [3.8, 4) is 0 Å². The zero-order valence-corrected chi connectivity index (χ0v) is 11.5. The molecule has 0 aliphatic carbocycles. The number of benzene rings is 1. The van der Waals surface area contributed by atoms with E-state index in [1.165, 1.54) is 32.7 Å². The summed E-state index contributed by atoms with van der Waals surface area (Å²) < 4.78 is 10.2. The summed E-state index contributed by atoms with van der Waals surface area (Å²) in [6.07, 6.45) is 1.21. The molecule has 0 saturated carbocycles. The number of aromatic nitrogens is 2. The van der Waals surface area contributed by atoms with Crippen molar-refractivity contribution in [3.05, 3.63) is 34.4 Å². The van der Waals surface area contributed by atoms with Gasteiger partial charge in [-0.15, -0.1) is 0 Å². The van der Waals surface area contributed by atoms with Gasteiger partial charge in [0.05, 0.1) is 37.0 Å². The maximum absolute atomic E-state index is 12.4. The molecule has 110 valence electrons. The van der Waals surface area contributed by atoms with Crippen molar-refractivity contribution in [2.45, 2.75) is 6.54 Å². The highest BCUT2D eigenvalue weighted by molar-refractivity contribution is 6.07. The zero-order chi connectivity index (χ0) is 15.6. The van der Waals surface area contributed by atoms with Crippen molar-refractivity contribution in [2.24, 2.45) is 0 Å². The lowest BCUT2D eigenvalue weighted by Gasteiger charge is -2.09. The van der Waals surface area contributed by atoms with Gasteiger partial charge in [-0.3, -0.25) is 14.2 Å². The lowest BCUT2D eigenvalue weighted by atomic mass is 10.1. The molecule has 0 fully saturated rings. The molecule has 8 nitrogen and oxygen atoms in total. The summed E-state index contributed by atoms with van der Waals surface area (Å²) in [7, 11) is 2.39. The summed E-state index contributed by atoms with van der Waals surface area (Å²) in [5.41, 5.74) is 5.50. The van der Waals surface area contributed by atoms with Gasteiger partial charge in [0, 0.05) is 5.69 Å². The molecular formula is C13H13N3O5. The molecule has 1 heterocycles. The van der Waals surface area contributed by atoms with Crippen LogP contribution in [0, 0.1) is 0 Å². The van der Waals surface area contributed by atoms with Crippen molar-refractivity contribution in [3.63, 3.8) is 0 Å². The first-order valence-electron chi connectivity index (χ1n) is 5.92. The molecule has 0 saturated heterocycles. The van der Waals surface area contributed by atoms with E-state index in [1.54, 1.807) is 0 Å². The van der Waals surface area contributed by atoms with E-state index in [4.69, 9.17) is 5.73 Å². The molecule has 21 heavy (non-hydrogen) atoms. The average Bonchev–Trinajstić information content (AvgIpc) is 2.49. The Labute approximate surface area is 119 Å². The van der Waals surface area contributed by atoms with E-state index in [-0.39, 0.29) is 28.7 Å². The first-order valence-corrected chi connectivity index (χ1v) is 5.92. The molecule has 1 aromatic carbocycles. The van der Waals surface area contributed by atoms with Gasteiger partial charge >= 0.3 is 11.9 Å². The van der Waals surface area contributed by atoms with Crippen LogP contribution in [-0.2, 0) is 20.8 Å². The molecular weight excluding hydrogens is 278 g/mol. The fourth-order valence-corrected chi connectivity index (χ4v) is 1.90. The molecule has 0 atom stereocenters. The van der Waals surface area contributed by atoms with Gasteiger partial charge in [-0.1, -0.05) is 0 Å². The third-order valence-electron chi connectivity index (χ3n) is 2.94. The van der Waals surface area contributed by atoms with Crippen LogP contribution in [0.15, 0.2) is 23.3 Å². The van der Waals surface area contributed by atoms with Gasteiger partial charge in [-0.25, -0.2) is 9.78 Å². The van der Waals surface area contributed by atoms with Crippen LogP contribution in [-0.4, -0.2) is 35.7 Å². The van der Waals surface area contributed by atoms with Gasteiger partial charge in [0.1, 0.15) is 6.54 Å². The van der Waals surface area contributed by atoms with Crippen LogP contribution in [0.3, 0.4) is 0 Å². The van der Waals surface area contributed by atoms with Gasteiger partial charge in [-0.2, -0.15) is 0 Å². The SMILES string of the molecule is COC(=O)Cn1cnc2ccc(N)c(C(=O)OC)c2c1=O. The quantitative estimate of drug-likeness (QED) is 0.622. The fraction of sp³-hybridized carbons (Fsp3) is 0.231. The largest absolute Gasteiger partial charge is 0.468 e. The Morgan fingerprint density at radius 2 is 2.00 bits per heavy atom. The number of esters is 2. The van der Waals surface area contributed by atoms with Gasteiger partial charge in [0.25, 0.3) is 5.56 Å². The summed E-state index contributed by atoms with van der Waals surface area (Å²) in [4.78, 5) is 39.6. The Morgan fingerprint density at radius 1 is 1.29 bits per heavy atom. The highest BCUT2D eigenvalue weighted by atomic mass is 16.5. The minimum absolute atomic E-state index is 0.00764. The number of hydrogen-bond acceptors (Lipinski definition) is 7. The van der Waals surface area contributed by atoms with E-state index < -0.39 is 17.5 Å². The van der Waals surface area contributed by atoms with Gasteiger partial charge in [0.15, 0.2) is 0 Å². The highest BCUT2D eigenvalue weighted by Gasteiger charge is 2.19. The van der Waals surface area contributed by atoms with Crippen molar-refractivity contribution in [1.82, 2.24) is 9.55 Å². The average molecular weight is 291 g/mol. The van der Waals surface area contributed by atoms with Gasteiger partial charge < -0.3 is 15.2 Å². The monoisotopic (exact) mass is 291 g/mol. The summed E-state index contributed by atoms with van der Waals surface area (Å²) in [6, 6.07) is 2.98. The molecule has 2 N–H and O–H groups in total. The molecule has 8 heteroatoms. The minimum Gasteiger partial charge on any atom is -0.468 e. The first-order chi connectivity index (χ1) is 9.99. The van der Waals surface area contributed by atoms with E-state index in [0.717, 1.165) is 4.57 Å². The second-order valence-electron chi connectivity index (χ2n) is 4.17. The highest BCUT2D eigenvalue weighted by Crippen LogP contribution is 2.20. The van der Waals surface area contributed by atoms with Gasteiger partial charge in [-0.05, 0) is 12.1 Å². The lowest BCUT2D eigenvalue weighted by Crippen LogP contribution is -2.27. The molecule has 2 rings (SSSR count). The predicted octanol–water partition coefficient (Wildman–Crippen LogP) is -0.0617. The minimum atomic E-state index is -0.743. The van der Waals surface area contributed by atoms with E-state index >= 15 is 0 Å². The number of nitrogens with two attached hydrogens (primary N) is 1. The molecule has 0 radical (unpaired) electrons. The number of carbonyl (C=O) groups is 2. The number of nitrogen functional groups attached to an aromatic ring is 1. The number of ether oxygens (including phenoxy) is 2. The number of nitrogens with zero attached hydrogens (tertiary/aromatic N) is 2. The van der Waals surface area contributed by atoms with Crippen molar-refractivity contribution in [1.29, 1.82) is 0 Å². The summed E-state index contributed by atoms with van der Waals surface area (Å²) in [5, 5.41) is 0.00764. The molecule has 0 bridgehead atoms. The molecule has 0 aliphatic rings. The maximum atomic E-state index is 12.4. The zero-order valence-electron chi connectivity index (χ0n) is 11.5. The molecule has 2 aromatic rings. The van der Waals surface area contributed by atoms with Crippen LogP contribution in [0.25, 0.3) is 10.9 Å². The van der Waals surface area contributed by atoms with Crippen molar-refractivity contribution in [2.75, 3.05) is 20.0 Å². The van der Waals surface area contributed by atoms with Crippen LogP contribution >= 0.6 is 0 Å². The number of methoxy groups -OCH3 is 2. The first kappa shape index (κ1) is 14.5. The number of fused-ring (bicyclic) bond motifs is 1. The van der Waals surface area contributed by atoms with Crippen LogP contribution in [0.5, 0.6) is 0 Å². The summed E-state index contributed by atoms with van der Waals surface area (Å²) in [5.74, 6) is -1.35. The van der Waals surface area contributed by atoms with E-state index in [2.05, 4.69) is 14.5 Å². The van der Waals surface area contributed by atoms with Crippen molar-refractivity contribution < 1.29 is 19.1 Å². The van der Waals surface area contributed by atoms with Crippen molar-refractivity contribution >= 4 is 28.5 Å². The van der Waals surface area contributed by atoms with Crippen LogP contribution in [0.2, 0.25) is 0 Å². The molecule has 0 unspecified atom stereocenters. The Bertz CT molecular complexity index is 781. The summed E-state index contributed by atoms with van der Waals surface area (Å²) in [6.45, 7) is -0.312. The maximum Gasteiger partial charge on any atom is 0.340 e. The normalized spacial score (nSPS) is 10.4.